The fraction of sp³-hybridized carbons (Fsp3) is 0.639. The molecule has 1 saturated carbocycles. The molecule has 1 heterocycles. The molecule has 0 bridgehead atoms. The second kappa shape index (κ2) is 19.3. The molecule has 6 amide bonds. The maximum Gasteiger partial charge on any atom is 0.407 e. The minimum absolute atomic E-state index is 0.0173. The lowest BCUT2D eigenvalue weighted by Gasteiger charge is -2.34. The first-order valence-corrected chi connectivity index (χ1v) is 17.8. The van der Waals surface area contributed by atoms with Crippen LogP contribution in [0.15, 0.2) is 30.3 Å². The Kier molecular flexibility index (Phi) is 15.5. The van der Waals surface area contributed by atoms with Gasteiger partial charge in [0.1, 0.15) is 18.1 Å². The normalized spacial score (nSPS) is 18.8. The summed E-state index contributed by atoms with van der Waals surface area (Å²) in [6, 6.07) is 3.03. The van der Waals surface area contributed by atoms with Gasteiger partial charge in [0, 0.05) is 20.5 Å². The Morgan fingerprint density at radius 1 is 0.962 bits per heavy atom. The lowest BCUT2D eigenvalue weighted by atomic mass is 9.83. The van der Waals surface area contributed by atoms with Crippen molar-refractivity contribution in [2.45, 2.75) is 102 Å². The summed E-state index contributed by atoms with van der Waals surface area (Å²) in [5, 5.41) is 9.70. The molecule has 52 heavy (non-hydrogen) atoms. The van der Waals surface area contributed by atoms with Gasteiger partial charge in [-0.2, -0.15) is 0 Å². The molecule has 2 fully saturated rings. The first-order chi connectivity index (χ1) is 24.5. The Morgan fingerprint density at radius 2 is 1.62 bits per heavy atom. The predicted octanol–water partition coefficient (Wildman–Crippen LogP) is 2.47. The highest BCUT2D eigenvalue weighted by atomic mass is 19.3. The van der Waals surface area contributed by atoms with Gasteiger partial charge in [-0.15, -0.1) is 0 Å². The van der Waals surface area contributed by atoms with Crippen molar-refractivity contribution in [3.05, 3.63) is 35.9 Å². The molecule has 1 saturated heterocycles. The van der Waals surface area contributed by atoms with Crippen LogP contribution in [0.5, 0.6) is 0 Å². The van der Waals surface area contributed by atoms with Gasteiger partial charge >= 0.3 is 6.09 Å². The number of nitrogens with zero attached hydrogens (tertiary/aromatic N) is 2. The third-order valence-electron chi connectivity index (χ3n) is 9.03. The van der Waals surface area contributed by atoms with Crippen LogP contribution in [0.2, 0.25) is 0 Å². The number of rotatable bonds is 16. The van der Waals surface area contributed by atoms with Crippen molar-refractivity contribution >= 4 is 41.4 Å². The number of hydrogen-bond donors (Lipinski definition) is 4. The molecule has 0 aromatic heterocycles. The van der Waals surface area contributed by atoms with E-state index in [9.17, 15) is 42.3 Å². The average molecular weight is 735 g/mol. The van der Waals surface area contributed by atoms with Crippen LogP contribution in [-0.2, 0) is 33.5 Å². The smallest absolute Gasteiger partial charge is 0.407 e. The molecule has 0 radical (unpaired) electrons. The molecule has 2 aliphatic rings. The summed E-state index contributed by atoms with van der Waals surface area (Å²) in [5.74, 6) is -9.21. The lowest BCUT2D eigenvalue weighted by Crippen LogP contribution is -2.58. The predicted molar refractivity (Wildman–Crippen MR) is 186 cm³/mol. The van der Waals surface area contributed by atoms with Crippen molar-refractivity contribution in [2.24, 2.45) is 11.8 Å². The number of alkyl halides is 2. The van der Waals surface area contributed by atoms with Crippen molar-refractivity contribution in [1.82, 2.24) is 31.1 Å². The van der Waals surface area contributed by atoms with E-state index in [1.54, 1.807) is 37.3 Å². The minimum atomic E-state index is -3.44. The van der Waals surface area contributed by atoms with Gasteiger partial charge in [0.25, 0.3) is 11.8 Å². The topological polar surface area (TPSA) is 183 Å². The third-order valence-corrected chi connectivity index (χ3v) is 9.03. The summed E-state index contributed by atoms with van der Waals surface area (Å²) in [6.07, 6.45) is 2.02. The maximum absolute atomic E-state index is 14.9. The van der Waals surface area contributed by atoms with E-state index in [0.717, 1.165) is 24.2 Å². The number of nitrogens with one attached hydrogen (secondary N) is 4. The molecule has 3 rings (SSSR count). The number of likely N-dealkylation sites (N-methyl/N-ethyl adjacent to an activating group) is 1. The van der Waals surface area contributed by atoms with Crippen molar-refractivity contribution in [1.29, 1.82) is 0 Å². The van der Waals surface area contributed by atoms with Crippen molar-refractivity contribution in [3.63, 3.8) is 0 Å². The molecular weight excluding hydrogens is 682 g/mol. The van der Waals surface area contributed by atoms with Gasteiger partial charge in [-0.05, 0) is 36.7 Å². The summed E-state index contributed by atoms with van der Waals surface area (Å²) < 4.78 is 35.0. The maximum atomic E-state index is 14.9. The quantitative estimate of drug-likeness (QED) is 0.187. The number of ketones is 1. The summed E-state index contributed by atoms with van der Waals surface area (Å²) >= 11 is 0. The SMILES string of the molecule is CCCC(NC(=O)C1CC(F)(F)CN1C(=O)C(NC(=O)OCC(C)C)C1CCCCC1)C(=O)C(=O)NCC(=O)NC(C(=O)N(C)C)c1ccccc1. The number of carbonyl (C=O) groups excluding carboxylic acids is 7. The van der Waals surface area contributed by atoms with Gasteiger partial charge in [0.05, 0.1) is 25.7 Å². The third kappa shape index (κ3) is 12.0. The number of ether oxygens (including phenoxy) is 1. The number of alkyl carbamates (subject to hydrolysis) is 1. The van der Waals surface area contributed by atoms with Gasteiger partial charge in [0.2, 0.25) is 29.4 Å². The number of carbonyl (C=O) groups is 7. The lowest BCUT2D eigenvalue weighted by molar-refractivity contribution is -0.143. The summed E-state index contributed by atoms with van der Waals surface area (Å²) in [7, 11) is 3.04. The van der Waals surface area contributed by atoms with Crippen LogP contribution in [0.4, 0.5) is 13.6 Å². The summed E-state index contributed by atoms with van der Waals surface area (Å²) in [6.45, 7) is 3.69. The van der Waals surface area contributed by atoms with E-state index in [1.165, 1.54) is 19.0 Å². The van der Waals surface area contributed by atoms with Crippen LogP contribution in [0.25, 0.3) is 0 Å². The first kappa shape index (κ1) is 41.8. The van der Waals surface area contributed by atoms with Gasteiger partial charge in [-0.3, -0.25) is 28.8 Å². The molecule has 288 valence electrons. The van der Waals surface area contributed by atoms with Gasteiger partial charge in [0.15, 0.2) is 0 Å². The second-order valence-electron chi connectivity index (χ2n) is 14.1. The van der Waals surface area contributed by atoms with E-state index in [2.05, 4.69) is 21.3 Å². The number of Topliss-reactive ketones (excluding diaryl/α,β-unsaturated/α-hetero) is 1. The Labute approximate surface area is 303 Å². The highest BCUT2D eigenvalue weighted by Crippen LogP contribution is 2.35. The van der Waals surface area contributed by atoms with Crippen molar-refractivity contribution in [3.8, 4) is 0 Å². The van der Waals surface area contributed by atoms with Gasteiger partial charge in [-0.25, -0.2) is 13.6 Å². The number of amides is 6. The van der Waals surface area contributed by atoms with E-state index < -0.39 is 91.0 Å². The van der Waals surface area contributed by atoms with Crippen molar-refractivity contribution in [2.75, 3.05) is 33.8 Å². The molecule has 16 heteroatoms. The van der Waals surface area contributed by atoms with E-state index in [-0.39, 0.29) is 24.9 Å². The van der Waals surface area contributed by atoms with E-state index in [4.69, 9.17) is 4.74 Å². The Bertz CT molecular complexity index is 1440. The standard InChI is InChI=1S/C36H52F2N6O8/c1-6-13-25(30(46)32(48)39-19-27(45)41-28(33(49)43(4)5)23-14-9-7-10-15-23)40-31(47)26-18-36(37,38)21-44(26)34(50)29(24-16-11-8-12-17-24)42-35(51)52-20-22(2)3/h7,9-10,14-15,22,24-26,28-29H,6,8,11-13,16-21H2,1-5H3,(H,39,48)(H,40,47)(H,41,45)(H,42,51). The molecule has 4 N–H and O–H groups in total. The largest absolute Gasteiger partial charge is 0.449 e. The molecule has 4 atom stereocenters. The van der Waals surface area contributed by atoms with Gasteiger partial charge in [-0.1, -0.05) is 76.8 Å². The first-order valence-electron chi connectivity index (χ1n) is 17.8. The van der Waals surface area contributed by atoms with E-state index in [1.807, 2.05) is 13.8 Å². The molecule has 1 aromatic carbocycles. The zero-order chi connectivity index (χ0) is 38.6. The fourth-order valence-electron chi connectivity index (χ4n) is 6.36. The molecule has 1 aromatic rings. The zero-order valence-electron chi connectivity index (χ0n) is 30.5. The van der Waals surface area contributed by atoms with Crippen LogP contribution < -0.4 is 21.3 Å². The average Bonchev–Trinajstić information content (AvgIpc) is 3.45. The highest BCUT2D eigenvalue weighted by molar-refractivity contribution is 6.38. The highest BCUT2D eigenvalue weighted by Gasteiger charge is 2.52. The Hall–Kier alpha value is -4.63. The van der Waals surface area contributed by atoms with Crippen molar-refractivity contribution < 1.29 is 47.1 Å². The Balaban J connectivity index is 1.71. The fourth-order valence-corrected chi connectivity index (χ4v) is 6.36. The zero-order valence-corrected chi connectivity index (χ0v) is 30.5. The Morgan fingerprint density at radius 3 is 2.21 bits per heavy atom. The molecule has 0 spiro atoms. The van der Waals surface area contributed by atoms with E-state index >= 15 is 0 Å². The summed E-state index contributed by atoms with van der Waals surface area (Å²) in [4.78, 5) is 93.8. The number of likely N-dealkylation sites (tertiary alicyclic amines) is 1. The van der Waals surface area contributed by atoms with Crippen LogP contribution in [0.3, 0.4) is 0 Å². The minimum Gasteiger partial charge on any atom is -0.449 e. The van der Waals surface area contributed by atoms with Crippen LogP contribution in [0, 0.1) is 11.8 Å². The molecule has 14 nitrogen and oxygen atoms in total. The van der Waals surface area contributed by atoms with Crippen LogP contribution in [-0.4, -0.2) is 109 Å². The number of halogens is 2. The summed E-state index contributed by atoms with van der Waals surface area (Å²) in [5.41, 5.74) is 0.500. The molecule has 4 unspecified atom stereocenters. The number of hydrogen-bond acceptors (Lipinski definition) is 8. The van der Waals surface area contributed by atoms with E-state index in [0.29, 0.717) is 24.8 Å². The molecule has 1 aliphatic heterocycles. The van der Waals surface area contributed by atoms with Gasteiger partial charge < -0.3 is 35.8 Å². The molecule has 1 aliphatic carbocycles. The number of benzene rings is 1. The monoisotopic (exact) mass is 734 g/mol. The van der Waals surface area contributed by atoms with Crippen LogP contribution >= 0.6 is 0 Å². The second-order valence-corrected chi connectivity index (χ2v) is 14.1. The van der Waals surface area contributed by atoms with Crippen LogP contribution in [0.1, 0.15) is 83.7 Å². The molecular formula is C36H52F2N6O8.